The Morgan fingerprint density at radius 3 is 2.95 bits per heavy atom. The molecular weight excluding hydrogens is 268 g/mol. The van der Waals surface area contributed by atoms with Gasteiger partial charge in [0.2, 0.25) is 11.1 Å². The lowest BCUT2D eigenvalue weighted by Crippen LogP contribution is -2.21. The summed E-state index contributed by atoms with van der Waals surface area (Å²) >= 11 is 5.70. The van der Waals surface area contributed by atoms with E-state index in [1.807, 2.05) is 0 Å². The molecule has 1 aromatic rings. The molecule has 7 heteroatoms. The number of nitrogens with one attached hydrogen (secondary N) is 1. The highest BCUT2D eigenvalue weighted by atomic mass is 35.5. The fourth-order valence-electron chi connectivity index (χ4n) is 3.47. The van der Waals surface area contributed by atoms with Crippen molar-refractivity contribution < 1.29 is 4.92 Å². The lowest BCUT2D eigenvalue weighted by atomic mass is 9.89. The fourth-order valence-corrected chi connectivity index (χ4v) is 3.61. The van der Waals surface area contributed by atoms with Crippen LogP contribution in [0.25, 0.3) is 0 Å². The Morgan fingerprint density at radius 1 is 1.47 bits per heavy atom. The van der Waals surface area contributed by atoms with Crippen molar-refractivity contribution in [3.63, 3.8) is 0 Å². The van der Waals surface area contributed by atoms with Gasteiger partial charge in [0.05, 0.1) is 4.92 Å². The molecule has 102 valence electrons. The Hall–Kier alpha value is -1.43. The van der Waals surface area contributed by atoms with Gasteiger partial charge in [0, 0.05) is 6.54 Å². The van der Waals surface area contributed by atoms with E-state index in [0.717, 1.165) is 24.6 Å². The standard InChI is InChI=1S/C12H15ClN4O2/c13-12-15-6-10(17(18)19)11(16-12)14-5-9-4-7-1-2-8(9)3-7/h6-9H,1-5H2,(H,14,15,16). The van der Waals surface area contributed by atoms with E-state index >= 15 is 0 Å². The third-order valence-corrected chi connectivity index (χ3v) is 4.54. The maximum atomic E-state index is 10.9. The van der Waals surface area contributed by atoms with Crippen molar-refractivity contribution in [1.29, 1.82) is 0 Å². The molecule has 3 rings (SSSR count). The van der Waals surface area contributed by atoms with Crippen molar-refractivity contribution in [1.82, 2.24) is 9.97 Å². The van der Waals surface area contributed by atoms with Gasteiger partial charge in [-0.15, -0.1) is 0 Å². The molecule has 1 N–H and O–H groups in total. The van der Waals surface area contributed by atoms with Crippen molar-refractivity contribution in [3.05, 3.63) is 21.6 Å². The van der Waals surface area contributed by atoms with Crippen LogP contribution in [0.3, 0.4) is 0 Å². The van der Waals surface area contributed by atoms with E-state index in [1.54, 1.807) is 0 Å². The Kier molecular flexibility index (Phi) is 3.26. The fraction of sp³-hybridized carbons (Fsp3) is 0.667. The molecule has 2 fully saturated rings. The Bertz CT molecular complexity index is 511. The average molecular weight is 283 g/mol. The molecule has 19 heavy (non-hydrogen) atoms. The third kappa shape index (κ3) is 2.49. The molecule has 0 aromatic carbocycles. The Balaban J connectivity index is 1.69. The zero-order chi connectivity index (χ0) is 13.4. The number of nitro groups is 1. The molecule has 1 heterocycles. The summed E-state index contributed by atoms with van der Waals surface area (Å²) in [6, 6.07) is 0. The van der Waals surface area contributed by atoms with E-state index in [9.17, 15) is 10.1 Å². The number of aromatic nitrogens is 2. The second-order valence-corrected chi connectivity index (χ2v) is 5.78. The van der Waals surface area contributed by atoms with Crippen molar-refractivity contribution in [3.8, 4) is 0 Å². The van der Waals surface area contributed by atoms with Crippen LogP contribution in [-0.4, -0.2) is 21.4 Å². The van der Waals surface area contributed by atoms with Crippen molar-refractivity contribution in [2.24, 2.45) is 17.8 Å². The number of hydrogen-bond donors (Lipinski definition) is 1. The van der Waals surface area contributed by atoms with Gasteiger partial charge in [-0.1, -0.05) is 6.42 Å². The monoisotopic (exact) mass is 282 g/mol. The molecule has 2 bridgehead atoms. The maximum Gasteiger partial charge on any atom is 0.329 e. The van der Waals surface area contributed by atoms with Gasteiger partial charge in [0.15, 0.2) is 0 Å². The third-order valence-electron chi connectivity index (χ3n) is 4.35. The van der Waals surface area contributed by atoms with E-state index in [0.29, 0.717) is 5.92 Å². The summed E-state index contributed by atoms with van der Waals surface area (Å²) in [7, 11) is 0. The van der Waals surface area contributed by atoms with Gasteiger partial charge in [0.1, 0.15) is 6.20 Å². The van der Waals surface area contributed by atoms with Crippen molar-refractivity contribution in [2.75, 3.05) is 11.9 Å². The normalized spacial score (nSPS) is 28.6. The quantitative estimate of drug-likeness (QED) is 0.522. The van der Waals surface area contributed by atoms with Crippen LogP contribution in [0.1, 0.15) is 25.7 Å². The molecule has 0 amide bonds. The largest absolute Gasteiger partial charge is 0.364 e. The average Bonchev–Trinajstić information content (AvgIpc) is 2.98. The molecule has 3 atom stereocenters. The first kappa shape index (κ1) is 12.6. The number of hydrogen-bond acceptors (Lipinski definition) is 5. The first-order valence-corrected chi connectivity index (χ1v) is 6.92. The molecule has 6 nitrogen and oxygen atoms in total. The smallest absolute Gasteiger partial charge is 0.329 e. The van der Waals surface area contributed by atoms with Crippen LogP contribution in [0.2, 0.25) is 5.28 Å². The Morgan fingerprint density at radius 2 is 2.32 bits per heavy atom. The summed E-state index contributed by atoms with van der Waals surface area (Å²) < 4.78 is 0. The van der Waals surface area contributed by atoms with Crippen LogP contribution in [0.15, 0.2) is 6.20 Å². The minimum absolute atomic E-state index is 0.0287. The molecule has 0 aliphatic heterocycles. The maximum absolute atomic E-state index is 10.9. The first-order chi connectivity index (χ1) is 9.13. The summed E-state index contributed by atoms with van der Waals surface area (Å²) in [4.78, 5) is 18.0. The molecule has 0 radical (unpaired) electrons. The highest BCUT2D eigenvalue weighted by Gasteiger charge is 2.39. The molecule has 1 aromatic heterocycles. The van der Waals surface area contributed by atoms with Crippen LogP contribution in [0.5, 0.6) is 0 Å². The van der Waals surface area contributed by atoms with E-state index in [-0.39, 0.29) is 16.8 Å². The number of nitrogens with zero attached hydrogens (tertiary/aromatic N) is 3. The van der Waals surface area contributed by atoms with Crippen LogP contribution in [0.4, 0.5) is 11.5 Å². The van der Waals surface area contributed by atoms with Gasteiger partial charge >= 0.3 is 5.69 Å². The summed E-state index contributed by atoms with van der Waals surface area (Å²) in [5.41, 5.74) is -0.118. The predicted molar refractivity (Wildman–Crippen MR) is 71.1 cm³/mol. The van der Waals surface area contributed by atoms with E-state index < -0.39 is 4.92 Å². The molecule has 2 aliphatic carbocycles. The van der Waals surface area contributed by atoms with Gasteiger partial charge < -0.3 is 5.32 Å². The van der Waals surface area contributed by atoms with Gasteiger partial charge in [0.25, 0.3) is 0 Å². The van der Waals surface area contributed by atoms with Gasteiger partial charge in [-0.05, 0) is 48.6 Å². The summed E-state index contributed by atoms with van der Waals surface area (Å²) in [5, 5.41) is 14.0. The van der Waals surface area contributed by atoms with Crippen LogP contribution >= 0.6 is 11.6 Å². The number of halogens is 1. The highest BCUT2D eigenvalue weighted by Crippen LogP contribution is 2.48. The number of rotatable bonds is 4. The zero-order valence-electron chi connectivity index (χ0n) is 10.4. The molecular formula is C12H15ClN4O2. The first-order valence-electron chi connectivity index (χ1n) is 6.54. The SMILES string of the molecule is O=[N+]([O-])c1cnc(Cl)nc1NCC1CC2CCC1C2. The minimum atomic E-state index is -0.487. The lowest BCUT2D eigenvalue weighted by molar-refractivity contribution is -0.384. The van der Waals surface area contributed by atoms with Gasteiger partial charge in [-0.2, -0.15) is 4.98 Å². The predicted octanol–water partition coefficient (Wildman–Crippen LogP) is 2.89. The lowest BCUT2D eigenvalue weighted by Gasteiger charge is -2.21. The van der Waals surface area contributed by atoms with E-state index in [1.165, 1.54) is 25.7 Å². The summed E-state index contributed by atoms with van der Waals surface area (Å²) in [6.07, 6.45) is 6.34. The topological polar surface area (TPSA) is 81.0 Å². The molecule has 0 spiro atoms. The number of anilines is 1. The van der Waals surface area contributed by atoms with Crippen molar-refractivity contribution >= 4 is 23.1 Å². The minimum Gasteiger partial charge on any atom is -0.364 e. The summed E-state index contributed by atoms with van der Waals surface area (Å²) in [5.74, 6) is 2.47. The molecule has 2 saturated carbocycles. The van der Waals surface area contributed by atoms with Gasteiger partial charge in [-0.25, -0.2) is 4.98 Å². The number of fused-ring (bicyclic) bond motifs is 2. The van der Waals surface area contributed by atoms with Crippen LogP contribution in [0, 0.1) is 27.9 Å². The second-order valence-electron chi connectivity index (χ2n) is 5.45. The highest BCUT2D eigenvalue weighted by molar-refractivity contribution is 6.28. The molecule has 0 saturated heterocycles. The zero-order valence-corrected chi connectivity index (χ0v) is 11.1. The van der Waals surface area contributed by atoms with Crippen molar-refractivity contribution in [2.45, 2.75) is 25.7 Å². The second kappa shape index (κ2) is 4.92. The summed E-state index contributed by atoms with van der Waals surface area (Å²) in [6.45, 7) is 0.731. The molecule has 2 aliphatic rings. The van der Waals surface area contributed by atoms with E-state index in [4.69, 9.17) is 11.6 Å². The Labute approximate surface area is 115 Å². The van der Waals surface area contributed by atoms with Gasteiger partial charge in [-0.3, -0.25) is 10.1 Å². The van der Waals surface area contributed by atoms with E-state index in [2.05, 4.69) is 15.3 Å². The van der Waals surface area contributed by atoms with Crippen LogP contribution < -0.4 is 5.32 Å². The molecule has 3 unspecified atom stereocenters. The van der Waals surface area contributed by atoms with Crippen LogP contribution in [-0.2, 0) is 0 Å².